The van der Waals surface area contributed by atoms with Crippen LogP contribution < -0.4 is 5.32 Å². The lowest BCUT2D eigenvalue weighted by atomic mass is 10.1. The van der Waals surface area contributed by atoms with E-state index >= 15 is 0 Å². The van der Waals surface area contributed by atoms with E-state index in [1.807, 2.05) is 4.68 Å². The van der Waals surface area contributed by atoms with Crippen LogP contribution in [-0.4, -0.2) is 21.7 Å². The molecule has 0 fully saturated rings. The van der Waals surface area contributed by atoms with Crippen molar-refractivity contribution in [3.63, 3.8) is 0 Å². The summed E-state index contributed by atoms with van der Waals surface area (Å²) in [4.78, 5) is 2.34. The molecule has 1 aliphatic carbocycles. The number of anilines is 2. The Kier molecular flexibility index (Phi) is 4.89. The van der Waals surface area contributed by atoms with Crippen LogP contribution in [0.25, 0.3) is 0 Å². The van der Waals surface area contributed by atoms with Gasteiger partial charge < -0.3 is 5.32 Å². The molecule has 0 aliphatic heterocycles. The van der Waals surface area contributed by atoms with E-state index in [1.54, 1.807) is 0 Å². The zero-order valence-corrected chi connectivity index (χ0v) is 16.6. The van der Waals surface area contributed by atoms with E-state index in [0.717, 1.165) is 27.6 Å². The van der Waals surface area contributed by atoms with Gasteiger partial charge in [-0.15, -0.1) is 5.10 Å². The molecule has 0 radical (unpaired) electrons. The van der Waals surface area contributed by atoms with Gasteiger partial charge in [-0.3, -0.25) is 4.90 Å². The largest absolute Gasteiger partial charge is 0.330 e. The monoisotopic (exact) mass is 382 g/mol. The molecule has 0 saturated carbocycles. The van der Waals surface area contributed by atoms with E-state index in [9.17, 15) is 0 Å². The van der Waals surface area contributed by atoms with E-state index in [0.29, 0.717) is 12.7 Å². The standard InChI is InChI=1S/C20H22N4S2/c1-14-7-10-16(11-8-14)21-19-22-24(20(25)26-19)13-23(2)18-12-9-15-5-3-4-6-17(15)18/h3-8,10-11,18H,9,12-13H2,1-2H3,(H,21,22). The quantitative estimate of drug-likeness (QED) is 0.607. The first-order chi connectivity index (χ1) is 12.6. The zero-order valence-electron chi connectivity index (χ0n) is 15.0. The molecule has 1 N–H and O–H groups in total. The van der Waals surface area contributed by atoms with Gasteiger partial charge in [-0.2, -0.15) is 0 Å². The number of aromatic nitrogens is 2. The summed E-state index contributed by atoms with van der Waals surface area (Å²) in [7, 11) is 2.15. The first kappa shape index (κ1) is 17.4. The maximum Gasteiger partial charge on any atom is 0.209 e. The van der Waals surface area contributed by atoms with Crippen LogP contribution in [0.2, 0.25) is 0 Å². The SMILES string of the molecule is Cc1ccc(Nc2nn(CN(C)C3CCc4ccccc43)c(=S)s2)cc1. The lowest BCUT2D eigenvalue weighted by Crippen LogP contribution is -2.26. The Labute approximate surface area is 163 Å². The lowest BCUT2D eigenvalue weighted by molar-refractivity contribution is 0.183. The van der Waals surface area contributed by atoms with Crippen molar-refractivity contribution in [2.24, 2.45) is 0 Å². The molecule has 134 valence electrons. The van der Waals surface area contributed by atoms with Crippen LogP contribution in [0.15, 0.2) is 48.5 Å². The minimum atomic E-state index is 0.434. The summed E-state index contributed by atoms with van der Waals surface area (Å²) in [5, 5.41) is 8.86. The van der Waals surface area contributed by atoms with Crippen LogP contribution in [0.4, 0.5) is 10.8 Å². The van der Waals surface area contributed by atoms with E-state index in [1.165, 1.54) is 28.0 Å². The molecule has 3 aromatic rings. The molecule has 6 heteroatoms. The second kappa shape index (κ2) is 7.31. The summed E-state index contributed by atoms with van der Waals surface area (Å²) in [6, 6.07) is 17.5. The summed E-state index contributed by atoms with van der Waals surface area (Å²) in [6.45, 7) is 2.78. The molecule has 1 aliphatic rings. The molecule has 0 amide bonds. The van der Waals surface area contributed by atoms with Gasteiger partial charge in [0.25, 0.3) is 0 Å². The van der Waals surface area contributed by atoms with Crippen molar-refractivity contribution >= 4 is 34.4 Å². The van der Waals surface area contributed by atoms with E-state index < -0.39 is 0 Å². The first-order valence-corrected chi connectivity index (χ1v) is 10.0. The number of nitrogens with zero attached hydrogens (tertiary/aromatic N) is 3. The van der Waals surface area contributed by atoms with Gasteiger partial charge in [0.1, 0.15) is 0 Å². The van der Waals surface area contributed by atoms with Gasteiger partial charge >= 0.3 is 0 Å². The third-order valence-electron chi connectivity index (χ3n) is 4.90. The van der Waals surface area contributed by atoms with Crippen LogP contribution in [-0.2, 0) is 13.1 Å². The fourth-order valence-electron chi connectivity index (χ4n) is 3.51. The van der Waals surface area contributed by atoms with Crippen molar-refractivity contribution in [1.82, 2.24) is 14.7 Å². The van der Waals surface area contributed by atoms with Crippen LogP contribution in [0, 0.1) is 10.9 Å². The van der Waals surface area contributed by atoms with Gasteiger partial charge in [0.15, 0.2) is 3.95 Å². The average Bonchev–Trinajstić information content (AvgIpc) is 3.21. The predicted molar refractivity (Wildman–Crippen MR) is 111 cm³/mol. The second-order valence-corrected chi connectivity index (χ2v) is 8.44. The summed E-state index contributed by atoms with van der Waals surface area (Å²) < 4.78 is 2.70. The molecule has 1 atom stereocenters. The van der Waals surface area contributed by atoms with E-state index in [-0.39, 0.29) is 0 Å². The number of fused-ring (bicyclic) bond motifs is 1. The summed E-state index contributed by atoms with van der Waals surface area (Å²) in [6.07, 6.45) is 2.30. The number of rotatable bonds is 5. The van der Waals surface area contributed by atoms with Gasteiger partial charge in [-0.25, -0.2) is 4.68 Å². The van der Waals surface area contributed by atoms with Gasteiger partial charge in [0.05, 0.1) is 6.67 Å². The van der Waals surface area contributed by atoms with Crippen molar-refractivity contribution in [3.05, 3.63) is 69.2 Å². The molecule has 2 aromatic carbocycles. The molecule has 26 heavy (non-hydrogen) atoms. The number of hydrogen-bond donors (Lipinski definition) is 1. The molecular formula is C20H22N4S2. The second-order valence-electron chi connectivity index (χ2n) is 6.82. The Morgan fingerprint density at radius 2 is 2.00 bits per heavy atom. The number of hydrogen-bond acceptors (Lipinski definition) is 5. The summed E-state index contributed by atoms with van der Waals surface area (Å²) >= 11 is 7.05. The molecule has 0 bridgehead atoms. The molecule has 1 aromatic heterocycles. The molecule has 4 rings (SSSR count). The molecule has 0 saturated heterocycles. The fourth-order valence-corrected chi connectivity index (χ4v) is 4.52. The highest BCUT2D eigenvalue weighted by molar-refractivity contribution is 7.73. The first-order valence-electron chi connectivity index (χ1n) is 8.80. The van der Waals surface area contributed by atoms with Crippen molar-refractivity contribution in [2.45, 2.75) is 32.5 Å². The third-order valence-corrected chi connectivity index (χ3v) is 6.12. The minimum Gasteiger partial charge on any atom is -0.330 e. The summed E-state index contributed by atoms with van der Waals surface area (Å²) in [5.74, 6) is 0. The lowest BCUT2D eigenvalue weighted by Gasteiger charge is -2.24. The average molecular weight is 383 g/mol. The number of aryl methyl sites for hydroxylation is 2. The van der Waals surface area contributed by atoms with Crippen LogP contribution >= 0.6 is 23.6 Å². The van der Waals surface area contributed by atoms with Crippen molar-refractivity contribution in [3.8, 4) is 0 Å². The molecule has 1 unspecified atom stereocenters. The van der Waals surface area contributed by atoms with Gasteiger partial charge in [-0.05, 0) is 62.3 Å². The summed E-state index contributed by atoms with van der Waals surface area (Å²) in [5.41, 5.74) is 5.18. The maximum absolute atomic E-state index is 5.53. The Morgan fingerprint density at radius 1 is 1.23 bits per heavy atom. The van der Waals surface area contributed by atoms with Gasteiger partial charge in [-0.1, -0.05) is 53.3 Å². The highest BCUT2D eigenvalue weighted by Crippen LogP contribution is 2.35. The van der Waals surface area contributed by atoms with Crippen LogP contribution in [0.5, 0.6) is 0 Å². The van der Waals surface area contributed by atoms with Crippen molar-refractivity contribution in [1.29, 1.82) is 0 Å². The smallest absolute Gasteiger partial charge is 0.209 e. The minimum absolute atomic E-state index is 0.434. The van der Waals surface area contributed by atoms with E-state index in [4.69, 9.17) is 12.2 Å². The Morgan fingerprint density at radius 3 is 2.81 bits per heavy atom. The predicted octanol–water partition coefficient (Wildman–Crippen LogP) is 5.30. The topological polar surface area (TPSA) is 33.1 Å². The number of benzene rings is 2. The number of nitrogens with one attached hydrogen (secondary N) is 1. The Bertz CT molecular complexity index is 958. The van der Waals surface area contributed by atoms with Crippen molar-refractivity contribution in [2.75, 3.05) is 12.4 Å². The van der Waals surface area contributed by atoms with E-state index in [2.05, 4.69) is 77.8 Å². The zero-order chi connectivity index (χ0) is 18.1. The van der Waals surface area contributed by atoms with Crippen molar-refractivity contribution < 1.29 is 0 Å². The third kappa shape index (κ3) is 3.58. The normalized spacial score (nSPS) is 16.0. The Balaban J connectivity index is 1.48. The van der Waals surface area contributed by atoms with Gasteiger partial charge in [0, 0.05) is 11.7 Å². The highest BCUT2D eigenvalue weighted by Gasteiger charge is 2.25. The fraction of sp³-hybridized carbons (Fsp3) is 0.300. The van der Waals surface area contributed by atoms with Gasteiger partial charge in [0.2, 0.25) is 5.13 Å². The van der Waals surface area contributed by atoms with Crippen LogP contribution in [0.1, 0.15) is 29.2 Å². The molecule has 4 nitrogen and oxygen atoms in total. The Hall–Kier alpha value is -2.02. The highest BCUT2D eigenvalue weighted by atomic mass is 32.1. The molecule has 1 heterocycles. The van der Waals surface area contributed by atoms with Crippen LogP contribution in [0.3, 0.4) is 0 Å². The molecular weight excluding hydrogens is 360 g/mol. The molecule has 0 spiro atoms. The maximum atomic E-state index is 5.53.